The third-order valence-electron chi connectivity index (χ3n) is 7.58. The average Bonchev–Trinajstić information content (AvgIpc) is 3.67. The van der Waals surface area contributed by atoms with E-state index in [1.807, 2.05) is 10.7 Å². The minimum Gasteiger partial charge on any atom is -0.349 e. The normalized spacial score (nSPS) is 14.3. The average molecular weight is 548 g/mol. The fourth-order valence-electron chi connectivity index (χ4n) is 5.37. The summed E-state index contributed by atoms with van der Waals surface area (Å²) in [7, 11) is 0. The summed E-state index contributed by atoms with van der Waals surface area (Å²) in [6.07, 6.45) is 4.29. The van der Waals surface area contributed by atoms with E-state index in [2.05, 4.69) is 106 Å². The molecular formula is C33H33N5OS. The molecule has 3 aromatic carbocycles. The Labute approximate surface area is 239 Å². The number of thiazole rings is 1. The molecule has 5 aromatic rings. The molecule has 1 amide bonds. The Hall–Kier alpha value is -4.07. The van der Waals surface area contributed by atoms with Gasteiger partial charge in [-0.1, -0.05) is 91.9 Å². The van der Waals surface area contributed by atoms with Crippen LogP contribution in [0.4, 0.5) is 0 Å². The van der Waals surface area contributed by atoms with Crippen molar-refractivity contribution < 1.29 is 4.79 Å². The van der Waals surface area contributed by atoms with E-state index in [0.717, 1.165) is 54.6 Å². The summed E-state index contributed by atoms with van der Waals surface area (Å²) in [5, 5.41) is 10.7. The maximum absolute atomic E-state index is 13.3. The minimum atomic E-state index is -0.0436. The number of benzene rings is 3. The number of hydrogen-bond acceptors (Lipinski definition) is 5. The van der Waals surface area contributed by atoms with Crippen molar-refractivity contribution in [3.63, 3.8) is 0 Å². The molecular weight excluding hydrogens is 514 g/mol. The first kappa shape index (κ1) is 26.2. The highest BCUT2D eigenvalue weighted by molar-refractivity contribution is 7.12. The third kappa shape index (κ3) is 5.76. The zero-order valence-electron chi connectivity index (χ0n) is 22.7. The molecule has 1 saturated heterocycles. The van der Waals surface area contributed by atoms with Crippen LogP contribution in [0.25, 0.3) is 27.5 Å². The number of carbonyl (C=O) groups excluding carboxylic acids is 1. The van der Waals surface area contributed by atoms with Crippen molar-refractivity contribution in [2.45, 2.75) is 38.8 Å². The molecule has 0 spiro atoms. The first-order valence-electron chi connectivity index (χ1n) is 13.9. The van der Waals surface area contributed by atoms with Gasteiger partial charge in [0.2, 0.25) is 5.13 Å². The van der Waals surface area contributed by atoms with Crippen LogP contribution in [-0.2, 0) is 13.0 Å². The van der Waals surface area contributed by atoms with Crippen molar-refractivity contribution in [3.8, 4) is 27.5 Å². The van der Waals surface area contributed by atoms with Crippen molar-refractivity contribution in [2.24, 2.45) is 0 Å². The molecule has 0 radical (unpaired) electrons. The number of rotatable bonds is 8. The molecule has 7 heteroatoms. The first-order valence-corrected chi connectivity index (χ1v) is 14.8. The van der Waals surface area contributed by atoms with Crippen LogP contribution in [0.2, 0.25) is 0 Å². The number of piperidine rings is 1. The van der Waals surface area contributed by atoms with Gasteiger partial charge in [-0.15, -0.1) is 11.3 Å². The number of nitrogens with zero attached hydrogens (tertiary/aromatic N) is 4. The van der Waals surface area contributed by atoms with E-state index in [4.69, 9.17) is 4.98 Å². The van der Waals surface area contributed by atoms with Gasteiger partial charge in [0.05, 0.1) is 23.1 Å². The van der Waals surface area contributed by atoms with Gasteiger partial charge in [-0.2, -0.15) is 5.10 Å². The second-order valence-corrected chi connectivity index (χ2v) is 11.1. The van der Waals surface area contributed by atoms with Gasteiger partial charge in [0.1, 0.15) is 0 Å². The maximum atomic E-state index is 13.3. The molecule has 0 atom stereocenters. The van der Waals surface area contributed by atoms with Crippen molar-refractivity contribution in [1.29, 1.82) is 0 Å². The van der Waals surface area contributed by atoms with Crippen LogP contribution in [0, 0.1) is 0 Å². The molecule has 1 N–H and O–H groups in total. The zero-order valence-corrected chi connectivity index (χ0v) is 23.5. The van der Waals surface area contributed by atoms with Crippen LogP contribution in [0.1, 0.15) is 41.4 Å². The second-order valence-electron chi connectivity index (χ2n) is 10.2. The lowest BCUT2D eigenvalue weighted by molar-refractivity contribution is 0.0908. The summed E-state index contributed by atoms with van der Waals surface area (Å²) < 4.78 is 1.82. The molecule has 6 rings (SSSR count). The van der Waals surface area contributed by atoms with Gasteiger partial charge in [-0.05, 0) is 36.0 Å². The van der Waals surface area contributed by atoms with E-state index in [1.165, 1.54) is 16.7 Å². The Bertz CT molecular complexity index is 1550. The smallest absolute Gasteiger partial charge is 0.254 e. The van der Waals surface area contributed by atoms with Crippen LogP contribution in [0.15, 0.2) is 96.5 Å². The lowest BCUT2D eigenvalue weighted by atomic mass is 10.0. The van der Waals surface area contributed by atoms with E-state index in [9.17, 15) is 4.79 Å². The summed E-state index contributed by atoms with van der Waals surface area (Å²) in [5.41, 5.74) is 7.20. The minimum absolute atomic E-state index is 0.0436. The fourth-order valence-corrected chi connectivity index (χ4v) is 6.18. The van der Waals surface area contributed by atoms with Crippen molar-refractivity contribution in [2.75, 3.05) is 13.1 Å². The molecule has 0 unspecified atom stereocenters. The predicted molar refractivity (Wildman–Crippen MR) is 162 cm³/mol. The highest BCUT2D eigenvalue weighted by Gasteiger charge is 2.24. The van der Waals surface area contributed by atoms with Crippen LogP contribution >= 0.6 is 11.3 Å². The Morgan fingerprint density at radius 2 is 1.55 bits per heavy atom. The molecule has 202 valence electrons. The monoisotopic (exact) mass is 547 g/mol. The summed E-state index contributed by atoms with van der Waals surface area (Å²) in [6.45, 7) is 4.98. The number of aromatic nitrogens is 3. The maximum Gasteiger partial charge on any atom is 0.254 e. The number of nitrogens with one attached hydrogen (secondary N) is 1. The predicted octanol–water partition coefficient (Wildman–Crippen LogP) is 6.62. The lowest BCUT2D eigenvalue weighted by Crippen LogP contribution is -2.44. The molecule has 0 bridgehead atoms. The van der Waals surface area contributed by atoms with E-state index in [-0.39, 0.29) is 11.9 Å². The van der Waals surface area contributed by atoms with Crippen LogP contribution < -0.4 is 5.32 Å². The van der Waals surface area contributed by atoms with Crippen LogP contribution in [0.5, 0.6) is 0 Å². The van der Waals surface area contributed by atoms with Crippen molar-refractivity contribution in [1.82, 2.24) is 25.0 Å². The van der Waals surface area contributed by atoms with Gasteiger partial charge < -0.3 is 5.32 Å². The molecule has 2 aromatic heterocycles. The van der Waals surface area contributed by atoms with Gasteiger partial charge in [0.15, 0.2) is 0 Å². The SMILES string of the molecule is CCc1c(C(=O)NC2CCN(Cc3ccccc3)CC2)cnn1-c1nc(-c2ccc(-c3ccccc3)cc2)cs1. The summed E-state index contributed by atoms with van der Waals surface area (Å²) in [4.78, 5) is 20.6. The van der Waals surface area contributed by atoms with Gasteiger partial charge >= 0.3 is 0 Å². The van der Waals surface area contributed by atoms with Crippen molar-refractivity contribution >= 4 is 17.2 Å². The zero-order chi connectivity index (χ0) is 27.3. The highest BCUT2D eigenvalue weighted by atomic mass is 32.1. The fraction of sp³-hybridized carbons (Fsp3) is 0.242. The molecule has 1 fully saturated rings. The Kier molecular flexibility index (Phi) is 7.84. The Morgan fingerprint density at radius 1 is 0.900 bits per heavy atom. The molecule has 0 aliphatic carbocycles. The largest absolute Gasteiger partial charge is 0.349 e. The second kappa shape index (κ2) is 12.0. The number of likely N-dealkylation sites (tertiary alicyclic amines) is 1. The van der Waals surface area contributed by atoms with E-state index in [1.54, 1.807) is 17.5 Å². The Morgan fingerprint density at radius 3 is 2.25 bits per heavy atom. The number of hydrogen-bond donors (Lipinski definition) is 1. The molecule has 0 saturated carbocycles. The molecule has 6 nitrogen and oxygen atoms in total. The van der Waals surface area contributed by atoms with Crippen molar-refractivity contribution in [3.05, 3.63) is 113 Å². The topological polar surface area (TPSA) is 63.1 Å². The quantitative estimate of drug-likeness (QED) is 0.237. The molecule has 1 aliphatic rings. The van der Waals surface area contributed by atoms with Gasteiger partial charge in [0, 0.05) is 36.6 Å². The lowest BCUT2D eigenvalue weighted by Gasteiger charge is -2.32. The van der Waals surface area contributed by atoms with Crippen LogP contribution in [-0.4, -0.2) is 44.7 Å². The summed E-state index contributed by atoms with van der Waals surface area (Å²) in [6, 6.07) is 29.6. The van der Waals surface area contributed by atoms with E-state index in [0.29, 0.717) is 12.0 Å². The first-order chi connectivity index (χ1) is 19.7. The highest BCUT2D eigenvalue weighted by Crippen LogP contribution is 2.28. The standard InChI is InChI=1S/C33H33N5OS/c1-2-31-29(32(39)35-28-17-19-37(20-18-28)22-24-9-5-3-6-10-24)21-34-38(31)33-36-30(23-40-33)27-15-13-26(14-16-27)25-11-7-4-8-12-25/h3-16,21,23,28H,2,17-20,22H2,1H3,(H,35,39). The number of carbonyl (C=O) groups is 1. The van der Waals surface area contributed by atoms with Gasteiger partial charge in [0.25, 0.3) is 5.91 Å². The van der Waals surface area contributed by atoms with E-state index < -0.39 is 0 Å². The molecule has 1 aliphatic heterocycles. The summed E-state index contributed by atoms with van der Waals surface area (Å²) >= 11 is 1.54. The van der Waals surface area contributed by atoms with E-state index >= 15 is 0 Å². The third-order valence-corrected chi connectivity index (χ3v) is 8.40. The Balaban J connectivity index is 1.10. The molecule has 3 heterocycles. The van der Waals surface area contributed by atoms with Gasteiger partial charge in [-0.25, -0.2) is 9.67 Å². The number of amides is 1. The van der Waals surface area contributed by atoms with Gasteiger partial charge in [-0.3, -0.25) is 9.69 Å². The summed E-state index contributed by atoms with van der Waals surface area (Å²) in [5.74, 6) is -0.0436. The molecule has 40 heavy (non-hydrogen) atoms. The van der Waals surface area contributed by atoms with Crippen LogP contribution in [0.3, 0.4) is 0 Å².